The number of carbonyl (C=O) groups is 1. The van der Waals surface area contributed by atoms with E-state index in [4.69, 9.17) is 0 Å². The lowest BCUT2D eigenvalue weighted by Gasteiger charge is -2.16. The molecule has 92 valence electrons. The summed E-state index contributed by atoms with van der Waals surface area (Å²) < 4.78 is 3.65. The van der Waals surface area contributed by atoms with Gasteiger partial charge in [-0.15, -0.1) is 5.10 Å². The predicted molar refractivity (Wildman–Crippen MR) is 66.3 cm³/mol. The van der Waals surface area contributed by atoms with Gasteiger partial charge in [0.2, 0.25) is 0 Å². The van der Waals surface area contributed by atoms with Crippen molar-refractivity contribution in [1.82, 2.24) is 14.9 Å². The Labute approximate surface area is 108 Å². The zero-order valence-corrected chi connectivity index (χ0v) is 10.2. The Bertz CT molecular complexity index is 570. The van der Waals surface area contributed by atoms with Crippen LogP contribution in [0.2, 0.25) is 0 Å². The molecular formula is C12H11N3O2S. The van der Waals surface area contributed by atoms with Crippen molar-refractivity contribution in [2.45, 2.75) is 18.6 Å². The molecule has 1 aromatic heterocycles. The van der Waals surface area contributed by atoms with Gasteiger partial charge in [-0.1, -0.05) is 28.8 Å². The first-order chi connectivity index (χ1) is 8.75. The van der Waals surface area contributed by atoms with Crippen LogP contribution in [-0.2, 0) is 6.42 Å². The predicted octanol–water partition coefficient (Wildman–Crippen LogP) is 0.926. The Balaban J connectivity index is 1.83. The van der Waals surface area contributed by atoms with Crippen molar-refractivity contribution in [3.8, 4) is 0 Å². The number of rotatable bonds is 2. The molecule has 3 rings (SSSR count). The summed E-state index contributed by atoms with van der Waals surface area (Å²) in [4.78, 5) is 11.9. The highest BCUT2D eigenvalue weighted by Gasteiger charge is 2.32. The number of aliphatic hydroxyl groups excluding tert-OH is 1. The molecule has 1 amide bonds. The summed E-state index contributed by atoms with van der Waals surface area (Å²) in [6.07, 6.45) is -0.0193. The maximum atomic E-state index is 11.9. The summed E-state index contributed by atoms with van der Waals surface area (Å²) in [6.45, 7) is 0. The second-order valence-corrected chi connectivity index (χ2v) is 4.82. The van der Waals surface area contributed by atoms with Crippen molar-refractivity contribution < 1.29 is 9.90 Å². The Morgan fingerprint density at radius 2 is 2.28 bits per heavy atom. The van der Waals surface area contributed by atoms with Crippen LogP contribution in [0.5, 0.6) is 0 Å². The van der Waals surface area contributed by atoms with Crippen LogP contribution in [0.15, 0.2) is 29.6 Å². The van der Waals surface area contributed by atoms with Gasteiger partial charge >= 0.3 is 0 Å². The summed E-state index contributed by atoms with van der Waals surface area (Å²) in [6, 6.07) is 7.36. The van der Waals surface area contributed by atoms with Gasteiger partial charge in [0.15, 0.2) is 5.69 Å². The third kappa shape index (κ3) is 1.89. The van der Waals surface area contributed by atoms with E-state index in [9.17, 15) is 9.90 Å². The largest absolute Gasteiger partial charge is 0.390 e. The molecule has 0 aliphatic heterocycles. The molecule has 1 aliphatic carbocycles. The van der Waals surface area contributed by atoms with E-state index >= 15 is 0 Å². The topological polar surface area (TPSA) is 75.1 Å². The summed E-state index contributed by atoms with van der Waals surface area (Å²) >= 11 is 1.13. The molecule has 0 spiro atoms. The Morgan fingerprint density at radius 3 is 3.06 bits per heavy atom. The van der Waals surface area contributed by atoms with Crippen LogP contribution in [0.3, 0.4) is 0 Å². The molecule has 2 N–H and O–H groups in total. The monoisotopic (exact) mass is 261 g/mol. The third-order valence-electron chi connectivity index (χ3n) is 3.08. The highest BCUT2D eigenvalue weighted by molar-refractivity contribution is 7.03. The van der Waals surface area contributed by atoms with E-state index in [2.05, 4.69) is 14.9 Å². The van der Waals surface area contributed by atoms with Gasteiger partial charge in [-0.05, 0) is 22.7 Å². The van der Waals surface area contributed by atoms with E-state index in [1.54, 1.807) is 5.38 Å². The average Bonchev–Trinajstić information content (AvgIpc) is 2.98. The number of hydrogen-bond donors (Lipinski definition) is 2. The summed E-state index contributed by atoms with van der Waals surface area (Å²) in [7, 11) is 0. The van der Waals surface area contributed by atoms with Gasteiger partial charge < -0.3 is 10.4 Å². The van der Waals surface area contributed by atoms with E-state index < -0.39 is 6.10 Å². The van der Waals surface area contributed by atoms with Gasteiger partial charge in [-0.3, -0.25) is 4.79 Å². The van der Waals surface area contributed by atoms with Crippen LogP contribution in [-0.4, -0.2) is 26.7 Å². The zero-order valence-electron chi connectivity index (χ0n) is 9.41. The van der Waals surface area contributed by atoms with E-state index in [0.29, 0.717) is 6.42 Å². The molecule has 2 aromatic rings. The van der Waals surface area contributed by atoms with Crippen LogP contribution in [0.25, 0.3) is 0 Å². The maximum Gasteiger partial charge on any atom is 0.273 e. The van der Waals surface area contributed by atoms with Crippen LogP contribution >= 0.6 is 11.5 Å². The Kier molecular flexibility index (Phi) is 2.81. The van der Waals surface area contributed by atoms with Crippen molar-refractivity contribution in [1.29, 1.82) is 0 Å². The van der Waals surface area contributed by atoms with Crippen molar-refractivity contribution in [2.24, 2.45) is 0 Å². The first-order valence-electron chi connectivity index (χ1n) is 5.59. The Hall–Kier alpha value is -1.79. The van der Waals surface area contributed by atoms with E-state index in [-0.39, 0.29) is 17.6 Å². The molecule has 1 heterocycles. The minimum absolute atomic E-state index is 0.289. The second kappa shape index (κ2) is 4.47. The SMILES string of the molecule is O=C(N[C@@H]1c2ccccc2C[C@@H]1O)c1csnn1. The summed E-state index contributed by atoms with van der Waals surface area (Å²) in [5.74, 6) is -0.301. The fourth-order valence-electron chi connectivity index (χ4n) is 2.23. The van der Waals surface area contributed by atoms with E-state index in [1.807, 2.05) is 24.3 Å². The average molecular weight is 261 g/mol. The number of amides is 1. The van der Waals surface area contributed by atoms with Gasteiger partial charge in [-0.2, -0.15) is 0 Å². The molecule has 0 bridgehead atoms. The molecule has 0 saturated carbocycles. The molecule has 0 saturated heterocycles. The first kappa shape index (κ1) is 11.3. The summed E-state index contributed by atoms with van der Waals surface area (Å²) in [5, 5.41) is 18.1. The molecule has 0 fully saturated rings. The smallest absolute Gasteiger partial charge is 0.273 e. The molecule has 1 aromatic carbocycles. The lowest BCUT2D eigenvalue weighted by molar-refractivity contribution is 0.0853. The minimum Gasteiger partial charge on any atom is -0.390 e. The lowest BCUT2D eigenvalue weighted by atomic mass is 10.1. The normalized spacial score (nSPS) is 21.6. The zero-order chi connectivity index (χ0) is 12.5. The number of benzene rings is 1. The molecule has 6 heteroatoms. The summed E-state index contributed by atoms with van der Waals surface area (Å²) in [5.41, 5.74) is 2.34. The van der Waals surface area contributed by atoms with Crippen molar-refractivity contribution in [3.05, 3.63) is 46.5 Å². The van der Waals surface area contributed by atoms with Gasteiger partial charge in [-0.25, -0.2) is 0 Å². The van der Waals surface area contributed by atoms with Crippen LogP contribution in [0.4, 0.5) is 0 Å². The highest BCUT2D eigenvalue weighted by atomic mass is 32.1. The maximum absolute atomic E-state index is 11.9. The molecular weight excluding hydrogens is 250 g/mol. The van der Waals surface area contributed by atoms with Crippen LogP contribution in [0.1, 0.15) is 27.7 Å². The van der Waals surface area contributed by atoms with E-state index in [0.717, 1.165) is 22.7 Å². The fourth-order valence-corrected chi connectivity index (χ4v) is 2.66. The fraction of sp³-hybridized carbons (Fsp3) is 0.250. The number of nitrogens with one attached hydrogen (secondary N) is 1. The van der Waals surface area contributed by atoms with Gasteiger partial charge in [0.1, 0.15) is 0 Å². The standard InChI is InChI=1S/C12H11N3O2S/c16-10-5-7-3-1-2-4-8(7)11(10)13-12(17)9-6-18-15-14-9/h1-4,6,10-11,16H,5H2,(H,13,17)/t10-,11+/m0/s1. The van der Waals surface area contributed by atoms with Gasteiger partial charge in [0.05, 0.1) is 12.1 Å². The molecule has 0 radical (unpaired) electrons. The van der Waals surface area contributed by atoms with Crippen LogP contribution < -0.4 is 5.32 Å². The number of aliphatic hydroxyl groups is 1. The quantitative estimate of drug-likeness (QED) is 0.843. The number of nitrogens with zero attached hydrogens (tertiary/aromatic N) is 2. The third-order valence-corrected chi connectivity index (χ3v) is 3.59. The molecule has 18 heavy (non-hydrogen) atoms. The van der Waals surface area contributed by atoms with Gasteiger partial charge in [0.25, 0.3) is 5.91 Å². The van der Waals surface area contributed by atoms with Crippen molar-refractivity contribution in [2.75, 3.05) is 0 Å². The van der Waals surface area contributed by atoms with Crippen molar-refractivity contribution in [3.63, 3.8) is 0 Å². The second-order valence-electron chi connectivity index (χ2n) is 4.21. The molecule has 5 nitrogen and oxygen atoms in total. The first-order valence-corrected chi connectivity index (χ1v) is 6.43. The number of fused-ring (bicyclic) bond motifs is 1. The van der Waals surface area contributed by atoms with Crippen molar-refractivity contribution >= 4 is 17.4 Å². The number of carbonyl (C=O) groups excluding carboxylic acids is 1. The van der Waals surface area contributed by atoms with Gasteiger partial charge in [0, 0.05) is 11.8 Å². The number of aromatic nitrogens is 2. The lowest BCUT2D eigenvalue weighted by Crippen LogP contribution is -2.34. The molecule has 2 atom stereocenters. The van der Waals surface area contributed by atoms with E-state index in [1.165, 1.54) is 0 Å². The number of hydrogen-bond acceptors (Lipinski definition) is 5. The van der Waals surface area contributed by atoms with Crippen LogP contribution in [0, 0.1) is 0 Å². The molecule has 0 unspecified atom stereocenters. The Morgan fingerprint density at radius 1 is 1.44 bits per heavy atom. The highest BCUT2D eigenvalue weighted by Crippen LogP contribution is 2.31. The molecule has 1 aliphatic rings. The minimum atomic E-state index is -0.585.